The highest BCUT2D eigenvalue weighted by Crippen LogP contribution is 2.73. The molecule has 0 N–H and O–H groups in total. The molecule has 0 amide bonds. The first-order valence-corrected chi connectivity index (χ1v) is 13.2. The Morgan fingerprint density at radius 1 is 0.714 bits per heavy atom. The fraction of sp³-hybridized carbons (Fsp3) is 1.00. The van der Waals surface area contributed by atoms with Crippen LogP contribution in [0.5, 0.6) is 0 Å². The van der Waals surface area contributed by atoms with Gasteiger partial charge >= 0.3 is 0 Å². The van der Waals surface area contributed by atoms with Crippen LogP contribution in [0, 0.1) is 63.6 Å². The van der Waals surface area contributed by atoms with Crippen LogP contribution in [0.1, 0.15) is 112 Å². The van der Waals surface area contributed by atoms with Gasteiger partial charge in [-0.1, -0.05) is 54.4 Å². The molecule has 0 saturated heterocycles. The van der Waals surface area contributed by atoms with Crippen molar-refractivity contribution in [2.45, 2.75) is 112 Å². The Morgan fingerprint density at radius 3 is 2.25 bits per heavy atom. The molecule has 0 spiro atoms. The lowest BCUT2D eigenvalue weighted by atomic mass is 9.44. The zero-order valence-electron chi connectivity index (χ0n) is 19.9. The molecule has 0 nitrogen and oxygen atoms in total. The summed E-state index contributed by atoms with van der Waals surface area (Å²) in [6.45, 7) is 15.9. The Bertz CT molecular complexity index is 605. The molecule has 0 aromatic heterocycles. The van der Waals surface area contributed by atoms with Gasteiger partial charge < -0.3 is 0 Å². The number of rotatable bonds is 1. The highest BCUT2D eigenvalue weighted by molar-refractivity contribution is 5.14. The van der Waals surface area contributed by atoms with Crippen LogP contribution in [0.25, 0.3) is 0 Å². The summed E-state index contributed by atoms with van der Waals surface area (Å²) in [6, 6.07) is 0. The Balaban J connectivity index is 1.50. The lowest BCUT2D eigenvalue weighted by molar-refractivity contribution is -0.119. The lowest BCUT2D eigenvalue weighted by Crippen LogP contribution is -2.53. The van der Waals surface area contributed by atoms with E-state index in [0.29, 0.717) is 16.2 Å². The summed E-state index contributed by atoms with van der Waals surface area (Å²) in [6.07, 6.45) is 17.0. The summed E-state index contributed by atoms with van der Waals surface area (Å²) < 4.78 is 0. The summed E-state index contributed by atoms with van der Waals surface area (Å²) in [5, 5.41) is 0. The zero-order chi connectivity index (χ0) is 19.9. The molecule has 10 unspecified atom stereocenters. The Morgan fingerprint density at radius 2 is 1.50 bits per heavy atom. The predicted molar refractivity (Wildman–Crippen MR) is 120 cm³/mol. The van der Waals surface area contributed by atoms with Crippen LogP contribution < -0.4 is 0 Å². The molecule has 0 heteroatoms. The standard InChI is InChI=1S/C28H48/c1-18(2)26(4)15-12-19(3)25-24(26)17-23-21-11-10-20-9-7-8-14-27(20,5)22(21)13-16-28(23,25)6/h18-25H,7-17H2,1-6H3. The van der Waals surface area contributed by atoms with Gasteiger partial charge in [0.15, 0.2) is 0 Å². The molecule has 0 aliphatic heterocycles. The first kappa shape index (κ1) is 19.9. The minimum Gasteiger partial charge on any atom is -0.0622 e. The molecular formula is C28H48. The molecule has 0 bridgehead atoms. The van der Waals surface area contributed by atoms with Crippen molar-refractivity contribution in [1.29, 1.82) is 0 Å². The van der Waals surface area contributed by atoms with Gasteiger partial charge in [0.2, 0.25) is 0 Å². The smallest absolute Gasteiger partial charge is 0.0261 e. The molecule has 10 atom stereocenters. The van der Waals surface area contributed by atoms with Gasteiger partial charge in [0.25, 0.3) is 0 Å². The molecule has 0 radical (unpaired) electrons. The van der Waals surface area contributed by atoms with Crippen molar-refractivity contribution in [3.63, 3.8) is 0 Å². The first-order valence-electron chi connectivity index (χ1n) is 13.2. The van der Waals surface area contributed by atoms with Crippen LogP contribution in [-0.2, 0) is 0 Å². The third kappa shape index (κ3) is 2.48. The lowest BCUT2D eigenvalue weighted by Gasteiger charge is -2.61. The average molecular weight is 385 g/mol. The monoisotopic (exact) mass is 384 g/mol. The highest BCUT2D eigenvalue weighted by Gasteiger charge is 2.65. The van der Waals surface area contributed by atoms with Crippen molar-refractivity contribution in [1.82, 2.24) is 0 Å². The van der Waals surface area contributed by atoms with Crippen LogP contribution in [0.3, 0.4) is 0 Å². The Labute approximate surface area is 176 Å². The highest BCUT2D eigenvalue weighted by atomic mass is 14.7. The second-order valence-corrected chi connectivity index (χ2v) is 13.5. The number of hydrogen-bond acceptors (Lipinski definition) is 0. The fourth-order valence-electron chi connectivity index (χ4n) is 10.7. The second-order valence-electron chi connectivity index (χ2n) is 13.5. The fourth-order valence-corrected chi connectivity index (χ4v) is 10.7. The van der Waals surface area contributed by atoms with Crippen LogP contribution in [0.15, 0.2) is 0 Å². The van der Waals surface area contributed by atoms with Crippen molar-refractivity contribution in [3.8, 4) is 0 Å². The maximum absolute atomic E-state index is 2.79. The van der Waals surface area contributed by atoms with E-state index in [9.17, 15) is 0 Å². The zero-order valence-corrected chi connectivity index (χ0v) is 19.9. The van der Waals surface area contributed by atoms with Crippen molar-refractivity contribution in [2.75, 3.05) is 0 Å². The third-order valence-electron chi connectivity index (χ3n) is 12.6. The first-order chi connectivity index (χ1) is 13.2. The van der Waals surface area contributed by atoms with Gasteiger partial charge in [0.1, 0.15) is 0 Å². The van der Waals surface area contributed by atoms with Crippen LogP contribution in [0.2, 0.25) is 0 Å². The van der Waals surface area contributed by atoms with Crippen LogP contribution in [0.4, 0.5) is 0 Å². The molecule has 5 aliphatic carbocycles. The SMILES string of the molecule is CC1CCC(C)(C(C)C)C2CC3C4CCC5CCCCC5(C)C4CCC3(C)C12. The average Bonchev–Trinajstić information content (AvgIpc) is 2.99. The van der Waals surface area contributed by atoms with Gasteiger partial charge in [0, 0.05) is 0 Å². The Hall–Kier alpha value is 0. The molecule has 0 heterocycles. The van der Waals surface area contributed by atoms with Crippen LogP contribution >= 0.6 is 0 Å². The Kier molecular flexibility index (Phi) is 4.63. The predicted octanol–water partition coefficient (Wildman–Crippen LogP) is 8.35. The van der Waals surface area contributed by atoms with E-state index < -0.39 is 0 Å². The molecule has 160 valence electrons. The molecule has 5 rings (SSSR count). The van der Waals surface area contributed by atoms with E-state index in [4.69, 9.17) is 0 Å². The van der Waals surface area contributed by atoms with Crippen LogP contribution in [-0.4, -0.2) is 0 Å². The summed E-state index contributed by atoms with van der Waals surface area (Å²) >= 11 is 0. The minimum atomic E-state index is 0.596. The van der Waals surface area contributed by atoms with E-state index in [2.05, 4.69) is 41.5 Å². The molecule has 5 fully saturated rings. The normalized spacial score (nSPS) is 58.6. The molecular weight excluding hydrogens is 336 g/mol. The molecule has 0 aromatic rings. The maximum Gasteiger partial charge on any atom is -0.0261 e. The van der Waals surface area contributed by atoms with E-state index in [0.717, 1.165) is 47.3 Å². The van der Waals surface area contributed by atoms with E-state index in [1.807, 2.05) is 0 Å². The van der Waals surface area contributed by atoms with Gasteiger partial charge in [-0.15, -0.1) is 0 Å². The topological polar surface area (TPSA) is 0 Å². The quantitative estimate of drug-likeness (QED) is 0.426. The van der Waals surface area contributed by atoms with Crippen molar-refractivity contribution >= 4 is 0 Å². The van der Waals surface area contributed by atoms with Crippen molar-refractivity contribution in [3.05, 3.63) is 0 Å². The molecule has 5 saturated carbocycles. The molecule has 5 aliphatic rings. The van der Waals surface area contributed by atoms with E-state index >= 15 is 0 Å². The minimum absolute atomic E-state index is 0.596. The van der Waals surface area contributed by atoms with Crippen molar-refractivity contribution < 1.29 is 0 Å². The van der Waals surface area contributed by atoms with Gasteiger partial charge in [-0.25, -0.2) is 0 Å². The number of hydrogen-bond donors (Lipinski definition) is 0. The van der Waals surface area contributed by atoms with E-state index in [1.165, 1.54) is 25.7 Å². The molecule has 28 heavy (non-hydrogen) atoms. The molecule has 0 aromatic carbocycles. The summed E-state index contributed by atoms with van der Waals surface area (Å²) in [5.74, 6) is 8.05. The maximum atomic E-state index is 2.79. The van der Waals surface area contributed by atoms with Gasteiger partial charge in [0.05, 0.1) is 0 Å². The summed E-state index contributed by atoms with van der Waals surface area (Å²) in [4.78, 5) is 0. The van der Waals surface area contributed by atoms with Crippen molar-refractivity contribution in [2.24, 2.45) is 63.6 Å². The third-order valence-corrected chi connectivity index (χ3v) is 12.6. The van der Waals surface area contributed by atoms with Gasteiger partial charge in [-0.3, -0.25) is 0 Å². The number of fused-ring (bicyclic) bond motifs is 7. The van der Waals surface area contributed by atoms with E-state index in [-0.39, 0.29) is 0 Å². The van der Waals surface area contributed by atoms with E-state index in [1.54, 1.807) is 44.9 Å². The van der Waals surface area contributed by atoms with Gasteiger partial charge in [-0.05, 0) is 121 Å². The van der Waals surface area contributed by atoms with Gasteiger partial charge in [-0.2, -0.15) is 0 Å². The summed E-state index contributed by atoms with van der Waals surface area (Å²) in [5.41, 5.74) is 1.95. The summed E-state index contributed by atoms with van der Waals surface area (Å²) in [7, 11) is 0. The largest absolute Gasteiger partial charge is 0.0622 e. The second kappa shape index (κ2) is 6.50.